The molecule has 4 aromatic rings. The van der Waals surface area contributed by atoms with E-state index in [0.717, 1.165) is 11.1 Å². The molecular formula is C21H19N5O2. The molecule has 1 N–H and O–H groups in total. The van der Waals surface area contributed by atoms with Gasteiger partial charge in [-0.05, 0) is 23.3 Å². The molecule has 28 heavy (non-hydrogen) atoms. The van der Waals surface area contributed by atoms with Gasteiger partial charge in [0, 0.05) is 31.4 Å². The van der Waals surface area contributed by atoms with Crippen LogP contribution in [0.1, 0.15) is 21.6 Å². The number of benzene rings is 2. The Kier molecular flexibility index (Phi) is 4.72. The number of carbonyl (C=O) groups is 1. The third-order valence-corrected chi connectivity index (χ3v) is 4.55. The second-order valence-electron chi connectivity index (χ2n) is 6.53. The van der Waals surface area contributed by atoms with Gasteiger partial charge >= 0.3 is 0 Å². The number of nitrogens with zero attached hydrogens (tertiary/aromatic N) is 4. The monoisotopic (exact) mass is 373 g/mol. The number of amides is 1. The second kappa shape index (κ2) is 7.48. The summed E-state index contributed by atoms with van der Waals surface area (Å²) in [4.78, 5) is 24.9. The van der Waals surface area contributed by atoms with Gasteiger partial charge in [0.2, 0.25) is 0 Å². The standard InChI is InChI=1S/C21H19N5O2/c1-25-21(28)18-6-3-2-5-17(18)19(24-25)20(27)22-13-15-7-9-16(10-8-15)14-26-12-4-11-23-26/h2-12H,13-14H2,1H3,(H,22,27). The van der Waals surface area contributed by atoms with Gasteiger partial charge in [-0.1, -0.05) is 42.5 Å². The van der Waals surface area contributed by atoms with Gasteiger partial charge in [0.1, 0.15) is 0 Å². The number of nitrogens with one attached hydrogen (secondary N) is 1. The number of hydrogen-bond donors (Lipinski definition) is 1. The molecule has 0 aliphatic rings. The van der Waals surface area contributed by atoms with Crippen LogP contribution in [0.4, 0.5) is 0 Å². The Bertz CT molecular complexity index is 1180. The summed E-state index contributed by atoms with van der Waals surface area (Å²) in [5, 5.41) is 12.3. The molecule has 0 spiro atoms. The Morgan fingerprint density at radius 3 is 2.43 bits per heavy atom. The predicted molar refractivity (Wildman–Crippen MR) is 106 cm³/mol. The van der Waals surface area contributed by atoms with E-state index in [4.69, 9.17) is 0 Å². The van der Waals surface area contributed by atoms with Crippen LogP contribution in [0.25, 0.3) is 10.8 Å². The predicted octanol–water partition coefficient (Wildman–Crippen LogP) is 2.11. The highest BCUT2D eigenvalue weighted by molar-refractivity contribution is 6.04. The van der Waals surface area contributed by atoms with E-state index in [2.05, 4.69) is 15.5 Å². The minimum absolute atomic E-state index is 0.222. The van der Waals surface area contributed by atoms with Gasteiger partial charge in [-0.3, -0.25) is 14.3 Å². The van der Waals surface area contributed by atoms with Crippen molar-refractivity contribution < 1.29 is 4.79 Å². The molecule has 0 fully saturated rings. The summed E-state index contributed by atoms with van der Waals surface area (Å²) in [5.41, 5.74) is 2.13. The lowest BCUT2D eigenvalue weighted by Gasteiger charge is -2.09. The smallest absolute Gasteiger partial charge is 0.274 e. The fourth-order valence-electron chi connectivity index (χ4n) is 3.08. The molecule has 0 aliphatic carbocycles. The van der Waals surface area contributed by atoms with Gasteiger partial charge in [-0.2, -0.15) is 10.2 Å². The molecule has 2 aromatic heterocycles. The molecule has 7 nitrogen and oxygen atoms in total. The highest BCUT2D eigenvalue weighted by Gasteiger charge is 2.15. The first kappa shape index (κ1) is 17.7. The van der Waals surface area contributed by atoms with E-state index in [0.29, 0.717) is 23.9 Å². The minimum Gasteiger partial charge on any atom is -0.347 e. The van der Waals surface area contributed by atoms with Crippen LogP contribution in [0.3, 0.4) is 0 Å². The first-order valence-corrected chi connectivity index (χ1v) is 8.91. The quantitative estimate of drug-likeness (QED) is 0.581. The molecular weight excluding hydrogens is 354 g/mol. The Hall–Kier alpha value is -3.74. The fourth-order valence-corrected chi connectivity index (χ4v) is 3.08. The number of rotatable bonds is 5. The highest BCUT2D eigenvalue weighted by Crippen LogP contribution is 2.13. The van der Waals surface area contributed by atoms with Gasteiger partial charge in [0.15, 0.2) is 5.69 Å². The van der Waals surface area contributed by atoms with Crippen molar-refractivity contribution in [3.63, 3.8) is 0 Å². The van der Waals surface area contributed by atoms with Crippen LogP contribution in [0.15, 0.2) is 71.8 Å². The summed E-state index contributed by atoms with van der Waals surface area (Å²) in [6.45, 7) is 1.08. The topological polar surface area (TPSA) is 81.8 Å². The zero-order chi connectivity index (χ0) is 19.5. The fraction of sp³-hybridized carbons (Fsp3) is 0.143. The molecule has 2 aromatic carbocycles. The lowest BCUT2D eigenvalue weighted by atomic mass is 10.1. The largest absolute Gasteiger partial charge is 0.347 e. The summed E-state index contributed by atoms with van der Waals surface area (Å²) in [7, 11) is 1.55. The van der Waals surface area contributed by atoms with Crippen molar-refractivity contribution in [2.24, 2.45) is 7.05 Å². The average Bonchev–Trinajstić information content (AvgIpc) is 3.23. The lowest BCUT2D eigenvalue weighted by Crippen LogP contribution is -2.29. The summed E-state index contributed by atoms with van der Waals surface area (Å²) in [6.07, 6.45) is 3.67. The van der Waals surface area contributed by atoms with Crippen LogP contribution in [-0.4, -0.2) is 25.5 Å². The van der Waals surface area contributed by atoms with E-state index in [1.54, 1.807) is 37.5 Å². The molecule has 7 heteroatoms. The number of hydrogen-bond acceptors (Lipinski definition) is 4. The van der Waals surface area contributed by atoms with E-state index in [1.807, 2.05) is 41.2 Å². The van der Waals surface area contributed by atoms with Crippen LogP contribution in [0.5, 0.6) is 0 Å². The summed E-state index contributed by atoms with van der Waals surface area (Å²) in [5.74, 6) is -0.313. The number of aryl methyl sites for hydroxylation is 1. The Morgan fingerprint density at radius 1 is 1.00 bits per heavy atom. The first-order chi connectivity index (χ1) is 13.6. The first-order valence-electron chi connectivity index (χ1n) is 8.91. The van der Waals surface area contributed by atoms with Crippen molar-refractivity contribution in [3.05, 3.63) is 94.2 Å². The van der Waals surface area contributed by atoms with Crippen LogP contribution in [0.2, 0.25) is 0 Å². The van der Waals surface area contributed by atoms with Gasteiger partial charge in [-0.25, -0.2) is 4.68 Å². The van der Waals surface area contributed by atoms with Gasteiger partial charge in [0.25, 0.3) is 11.5 Å². The zero-order valence-electron chi connectivity index (χ0n) is 15.4. The molecule has 4 rings (SSSR count). The lowest BCUT2D eigenvalue weighted by molar-refractivity contribution is 0.0945. The van der Waals surface area contributed by atoms with E-state index in [-0.39, 0.29) is 17.2 Å². The van der Waals surface area contributed by atoms with Crippen LogP contribution < -0.4 is 10.9 Å². The van der Waals surface area contributed by atoms with Crippen molar-refractivity contribution in [3.8, 4) is 0 Å². The summed E-state index contributed by atoms with van der Waals surface area (Å²) >= 11 is 0. The molecule has 140 valence electrons. The molecule has 0 radical (unpaired) electrons. The highest BCUT2D eigenvalue weighted by atomic mass is 16.2. The van der Waals surface area contributed by atoms with Crippen molar-refractivity contribution in [1.82, 2.24) is 24.9 Å². The summed E-state index contributed by atoms with van der Waals surface area (Å²) in [6, 6.07) is 16.9. The van der Waals surface area contributed by atoms with Gasteiger partial charge in [0.05, 0.1) is 11.9 Å². The SMILES string of the molecule is Cn1nc(C(=O)NCc2ccc(Cn3cccn3)cc2)c2ccccc2c1=O. The van der Waals surface area contributed by atoms with E-state index < -0.39 is 0 Å². The Balaban J connectivity index is 1.48. The van der Waals surface area contributed by atoms with Crippen molar-refractivity contribution in [1.29, 1.82) is 0 Å². The molecule has 0 saturated carbocycles. The maximum atomic E-state index is 12.7. The molecule has 0 aliphatic heterocycles. The van der Waals surface area contributed by atoms with Crippen molar-refractivity contribution in [2.45, 2.75) is 13.1 Å². The van der Waals surface area contributed by atoms with E-state index >= 15 is 0 Å². The molecule has 2 heterocycles. The number of aromatic nitrogens is 4. The van der Waals surface area contributed by atoms with E-state index in [1.165, 1.54) is 4.68 Å². The molecule has 0 unspecified atom stereocenters. The van der Waals surface area contributed by atoms with Crippen LogP contribution >= 0.6 is 0 Å². The Morgan fingerprint density at radius 2 is 1.71 bits per heavy atom. The average molecular weight is 373 g/mol. The van der Waals surface area contributed by atoms with Gasteiger partial charge in [-0.15, -0.1) is 0 Å². The van der Waals surface area contributed by atoms with Crippen LogP contribution in [-0.2, 0) is 20.1 Å². The normalized spacial score (nSPS) is 10.9. The molecule has 1 amide bonds. The maximum absolute atomic E-state index is 12.7. The number of carbonyl (C=O) groups excluding carboxylic acids is 1. The van der Waals surface area contributed by atoms with Crippen LogP contribution in [0, 0.1) is 0 Å². The third kappa shape index (κ3) is 3.55. The maximum Gasteiger partial charge on any atom is 0.274 e. The zero-order valence-corrected chi connectivity index (χ0v) is 15.4. The summed E-state index contributed by atoms with van der Waals surface area (Å²) < 4.78 is 3.05. The van der Waals surface area contributed by atoms with Crippen molar-refractivity contribution in [2.75, 3.05) is 0 Å². The molecule has 0 atom stereocenters. The Labute approximate surface area is 161 Å². The molecule has 0 bridgehead atoms. The second-order valence-corrected chi connectivity index (χ2v) is 6.53. The van der Waals surface area contributed by atoms with Crippen molar-refractivity contribution >= 4 is 16.7 Å². The number of fused-ring (bicyclic) bond motifs is 1. The minimum atomic E-state index is -0.313. The third-order valence-electron chi connectivity index (χ3n) is 4.55. The van der Waals surface area contributed by atoms with E-state index in [9.17, 15) is 9.59 Å². The molecule has 0 saturated heterocycles. The van der Waals surface area contributed by atoms with Gasteiger partial charge < -0.3 is 5.32 Å².